The summed E-state index contributed by atoms with van der Waals surface area (Å²) in [5, 5.41) is 3.00. The molecule has 0 saturated carbocycles. The van der Waals surface area contributed by atoms with Crippen molar-refractivity contribution in [3.8, 4) is 0 Å². The number of hydrogen-bond donors (Lipinski definition) is 1. The van der Waals surface area contributed by atoms with Crippen molar-refractivity contribution in [2.24, 2.45) is 0 Å². The normalized spacial score (nSPS) is 10.6. The topological polar surface area (TPSA) is 24.5 Å². The van der Waals surface area contributed by atoms with Crippen molar-refractivity contribution in [3.05, 3.63) is 29.6 Å². The number of nitrogens with one attached hydrogen (secondary N) is 1. The van der Waals surface area contributed by atoms with E-state index in [-0.39, 0.29) is 5.82 Å². The van der Waals surface area contributed by atoms with Gasteiger partial charge >= 0.3 is 0 Å². The largest absolute Gasteiger partial charge is 0.383 e. The van der Waals surface area contributed by atoms with E-state index in [1.165, 1.54) is 6.07 Å². The molecule has 0 aliphatic rings. The highest BCUT2D eigenvalue weighted by atomic mass is 19.1. The van der Waals surface area contributed by atoms with Crippen molar-refractivity contribution in [2.45, 2.75) is 13.5 Å². The Labute approximate surface area is 103 Å². The molecule has 0 unspecified atom stereocenters. The van der Waals surface area contributed by atoms with Gasteiger partial charge in [0.2, 0.25) is 0 Å². The predicted molar refractivity (Wildman–Crippen MR) is 68.9 cm³/mol. The third kappa shape index (κ3) is 3.68. The van der Waals surface area contributed by atoms with Crippen LogP contribution in [0.3, 0.4) is 0 Å². The minimum atomic E-state index is -0.160. The van der Waals surface area contributed by atoms with E-state index in [1.54, 1.807) is 13.2 Å². The van der Waals surface area contributed by atoms with E-state index < -0.39 is 0 Å². The van der Waals surface area contributed by atoms with Crippen molar-refractivity contribution in [2.75, 3.05) is 38.8 Å². The van der Waals surface area contributed by atoms with Crippen LogP contribution in [0, 0.1) is 5.82 Å². The number of anilines is 1. The van der Waals surface area contributed by atoms with Crippen molar-refractivity contribution < 1.29 is 9.13 Å². The van der Waals surface area contributed by atoms with E-state index in [1.807, 2.05) is 13.1 Å². The lowest BCUT2D eigenvalue weighted by Crippen LogP contribution is -2.28. The van der Waals surface area contributed by atoms with Crippen LogP contribution in [-0.2, 0) is 11.3 Å². The van der Waals surface area contributed by atoms with Crippen LogP contribution in [0.4, 0.5) is 10.1 Å². The molecule has 0 amide bonds. The van der Waals surface area contributed by atoms with Crippen molar-refractivity contribution >= 4 is 5.69 Å². The zero-order valence-electron chi connectivity index (χ0n) is 10.8. The lowest BCUT2D eigenvalue weighted by molar-refractivity contribution is 0.205. The van der Waals surface area contributed by atoms with Gasteiger partial charge in [-0.05, 0) is 26.1 Å². The first-order valence-electron chi connectivity index (χ1n) is 5.90. The van der Waals surface area contributed by atoms with Gasteiger partial charge in [-0.3, -0.25) is 0 Å². The highest BCUT2D eigenvalue weighted by Gasteiger charge is 2.12. The number of rotatable bonds is 7. The minimum absolute atomic E-state index is 0.160. The van der Waals surface area contributed by atoms with Gasteiger partial charge < -0.3 is 15.0 Å². The number of hydrogen-bond acceptors (Lipinski definition) is 3. The Morgan fingerprint density at radius 1 is 1.41 bits per heavy atom. The molecule has 4 heteroatoms. The molecule has 0 aromatic heterocycles. The van der Waals surface area contributed by atoms with Gasteiger partial charge in [-0.2, -0.15) is 0 Å². The molecule has 0 aliphatic carbocycles. The molecule has 17 heavy (non-hydrogen) atoms. The zero-order valence-corrected chi connectivity index (χ0v) is 10.8. The molecule has 0 heterocycles. The fraction of sp³-hybridized carbons (Fsp3) is 0.538. The van der Waals surface area contributed by atoms with Gasteiger partial charge in [-0.25, -0.2) is 4.39 Å². The number of nitrogens with zero attached hydrogens (tertiary/aromatic N) is 1. The van der Waals surface area contributed by atoms with Gasteiger partial charge in [0.1, 0.15) is 5.82 Å². The molecule has 0 bridgehead atoms. The number of ether oxygens (including phenoxy) is 1. The molecule has 3 nitrogen and oxygen atoms in total. The van der Waals surface area contributed by atoms with Crippen molar-refractivity contribution in [3.63, 3.8) is 0 Å². The summed E-state index contributed by atoms with van der Waals surface area (Å²) in [4.78, 5) is 2.12. The monoisotopic (exact) mass is 240 g/mol. The van der Waals surface area contributed by atoms with Crippen LogP contribution in [-0.4, -0.2) is 33.9 Å². The second-order valence-corrected chi connectivity index (χ2v) is 3.84. The SMILES string of the molecule is CCN(CCOC)c1cccc(F)c1CNC. The maximum Gasteiger partial charge on any atom is 0.129 e. The summed E-state index contributed by atoms with van der Waals surface area (Å²) < 4.78 is 18.8. The lowest BCUT2D eigenvalue weighted by Gasteiger charge is -2.25. The number of halogens is 1. The van der Waals surface area contributed by atoms with Crippen LogP contribution in [0.25, 0.3) is 0 Å². The molecule has 96 valence electrons. The highest BCUT2D eigenvalue weighted by molar-refractivity contribution is 5.54. The zero-order chi connectivity index (χ0) is 12.7. The molecule has 0 fully saturated rings. The van der Waals surface area contributed by atoms with E-state index in [2.05, 4.69) is 17.1 Å². The van der Waals surface area contributed by atoms with Crippen molar-refractivity contribution in [1.82, 2.24) is 5.32 Å². The first-order chi connectivity index (χ1) is 8.24. The molecular formula is C13H21FN2O. The Morgan fingerprint density at radius 2 is 2.18 bits per heavy atom. The molecule has 0 atom stereocenters. The summed E-state index contributed by atoms with van der Waals surface area (Å²) in [6.07, 6.45) is 0. The number of methoxy groups -OCH3 is 1. The molecule has 0 aliphatic heterocycles. The number of likely N-dealkylation sites (N-methyl/N-ethyl adjacent to an activating group) is 1. The van der Waals surface area contributed by atoms with Gasteiger partial charge in [0.05, 0.1) is 6.61 Å². The van der Waals surface area contributed by atoms with Crippen LogP contribution in [0.1, 0.15) is 12.5 Å². The lowest BCUT2D eigenvalue weighted by atomic mass is 10.1. The first-order valence-corrected chi connectivity index (χ1v) is 5.90. The van der Waals surface area contributed by atoms with Crippen LogP contribution in [0.15, 0.2) is 18.2 Å². The molecule has 1 aromatic rings. The van der Waals surface area contributed by atoms with Gasteiger partial charge in [0.15, 0.2) is 0 Å². The summed E-state index contributed by atoms with van der Waals surface area (Å²) in [7, 11) is 3.50. The predicted octanol–water partition coefficient (Wildman–Crippen LogP) is 2.02. The van der Waals surface area contributed by atoms with Crippen LogP contribution in [0.2, 0.25) is 0 Å². The van der Waals surface area contributed by atoms with Gasteiger partial charge in [-0.15, -0.1) is 0 Å². The molecule has 1 N–H and O–H groups in total. The van der Waals surface area contributed by atoms with Crippen LogP contribution < -0.4 is 10.2 Å². The summed E-state index contributed by atoms with van der Waals surface area (Å²) >= 11 is 0. The average molecular weight is 240 g/mol. The first kappa shape index (κ1) is 13.9. The van der Waals surface area contributed by atoms with Crippen molar-refractivity contribution in [1.29, 1.82) is 0 Å². The fourth-order valence-corrected chi connectivity index (χ4v) is 1.85. The summed E-state index contributed by atoms with van der Waals surface area (Å²) in [6, 6.07) is 5.20. The second-order valence-electron chi connectivity index (χ2n) is 3.84. The van der Waals surface area contributed by atoms with Gasteiger partial charge in [0, 0.05) is 38.0 Å². The molecule has 1 rings (SSSR count). The quantitative estimate of drug-likeness (QED) is 0.789. The fourth-order valence-electron chi connectivity index (χ4n) is 1.85. The van der Waals surface area contributed by atoms with E-state index in [0.29, 0.717) is 18.7 Å². The average Bonchev–Trinajstić information content (AvgIpc) is 2.34. The Bertz CT molecular complexity index is 344. The molecular weight excluding hydrogens is 219 g/mol. The summed E-state index contributed by atoms with van der Waals surface area (Å²) in [5.74, 6) is -0.160. The van der Waals surface area contributed by atoms with Gasteiger partial charge in [-0.1, -0.05) is 6.07 Å². The van der Waals surface area contributed by atoms with Crippen LogP contribution in [0.5, 0.6) is 0 Å². The van der Waals surface area contributed by atoms with E-state index in [4.69, 9.17) is 4.74 Å². The van der Waals surface area contributed by atoms with E-state index in [0.717, 1.165) is 18.8 Å². The second kappa shape index (κ2) is 7.25. The summed E-state index contributed by atoms with van der Waals surface area (Å²) in [6.45, 7) is 4.84. The molecule has 0 radical (unpaired) electrons. The minimum Gasteiger partial charge on any atom is -0.383 e. The molecule has 1 aromatic carbocycles. The molecule has 0 spiro atoms. The third-order valence-electron chi connectivity index (χ3n) is 2.74. The Hall–Kier alpha value is -1.13. The maximum absolute atomic E-state index is 13.8. The smallest absolute Gasteiger partial charge is 0.129 e. The maximum atomic E-state index is 13.8. The Balaban J connectivity index is 2.96. The standard InChI is InChI=1S/C13H21FN2O/c1-4-16(8-9-17-3)13-7-5-6-12(14)11(13)10-15-2/h5-7,15H,4,8-10H2,1-3H3. The Morgan fingerprint density at radius 3 is 2.76 bits per heavy atom. The van der Waals surface area contributed by atoms with E-state index >= 15 is 0 Å². The number of benzene rings is 1. The highest BCUT2D eigenvalue weighted by Crippen LogP contribution is 2.23. The van der Waals surface area contributed by atoms with Gasteiger partial charge in [0.25, 0.3) is 0 Å². The Kier molecular flexibility index (Phi) is 5.94. The van der Waals surface area contributed by atoms with E-state index in [9.17, 15) is 4.39 Å². The van der Waals surface area contributed by atoms with Crippen LogP contribution >= 0.6 is 0 Å². The third-order valence-corrected chi connectivity index (χ3v) is 2.74. The molecule has 0 saturated heterocycles. The summed E-state index contributed by atoms with van der Waals surface area (Å²) in [5.41, 5.74) is 1.66.